The maximum atomic E-state index is 10.3. The Morgan fingerprint density at radius 3 is 1.13 bits per heavy atom. The average Bonchev–Trinajstić information content (AvgIpc) is 2.43. The van der Waals surface area contributed by atoms with Gasteiger partial charge in [0, 0.05) is 6.42 Å². The van der Waals surface area contributed by atoms with Crippen molar-refractivity contribution in [3.63, 3.8) is 0 Å². The van der Waals surface area contributed by atoms with E-state index in [4.69, 9.17) is 5.11 Å². The van der Waals surface area contributed by atoms with Crippen LogP contribution in [0.3, 0.4) is 0 Å². The first-order valence-corrected chi connectivity index (χ1v) is 8.99. The second kappa shape index (κ2) is 27.0. The quantitative estimate of drug-likeness (QED) is 0.265. The summed E-state index contributed by atoms with van der Waals surface area (Å²) in [7, 11) is 0. The maximum Gasteiger partial charge on any atom is 4.00 e. The molecule has 136 valence electrons. The van der Waals surface area contributed by atoms with Gasteiger partial charge in [-0.2, -0.15) is 0 Å². The number of rotatable bonds is 16. The van der Waals surface area contributed by atoms with Gasteiger partial charge in [-0.05, 0) is 6.42 Å². The summed E-state index contributed by atoms with van der Waals surface area (Å²) < 4.78 is 0. The maximum absolute atomic E-state index is 10.3. The molecule has 0 heterocycles. The Labute approximate surface area is 158 Å². The monoisotopic (exact) mass is 364 g/mol. The van der Waals surface area contributed by atoms with Crippen LogP contribution in [0, 0.1) is 0 Å². The first-order chi connectivity index (χ1) is 9.77. The van der Waals surface area contributed by atoms with E-state index in [2.05, 4.69) is 6.92 Å². The van der Waals surface area contributed by atoms with E-state index in [0.29, 0.717) is 6.42 Å². The molecule has 23 heavy (non-hydrogen) atoms. The molecule has 5 heteroatoms. The fourth-order valence-electron chi connectivity index (χ4n) is 2.65. The van der Waals surface area contributed by atoms with E-state index >= 15 is 0 Å². The van der Waals surface area contributed by atoms with Crippen LogP contribution in [0.25, 0.3) is 0 Å². The van der Waals surface area contributed by atoms with Crippen molar-refractivity contribution in [1.29, 1.82) is 0 Å². The Balaban J connectivity index is -0.000000602. The molecule has 0 aliphatic heterocycles. The molecule has 0 aromatic heterocycles. The molecule has 1 N–H and O–H groups in total. The van der Waals surface area contributed by atoms with Crippen molar-refractivity contribution < 1.29 is 42.6 Å². The summed E-state index contributed by atoms with van der Waals surface area (Å²) in [5.74, 6) is -0.653. The molecule has 0 saturated carbocycles. The number of hydrogen-bond acceptors (Lipinski definition) is 1. The molecule has 0 aliphatic carbocycles. The fourth-order valence-corrected chi connectivity index (χ4v) is 2.65. The molecule has 0 rings (SSSR count). The zero-order valence-electron chi connectivity index (χ0n) is 15.0. The second-order valence-electron chi connectivity index (χ2n) is 6.09. The van der Waals surface area contributed by atoms with Gasteiger partial charge >= 0.3 is 27.7 Å². The standard InChI is InChI=1S/C18H36O2.2O.Ti/c1-2-3-4-5-6-7-8-9-10-11-12-13-14-15-16-17-18(19)20;;;/h2-17H2,1H3,(H,19,20);;;/q;2*-2;+4. The molecule has 0 radical (unpaired) electrons. The zero-order chi connectivity index (χ0) is 14.9. The van der Waals surface area contributed by atoms with Crippen molar-refractivity contribution in [3.05, 3.63) is 0 Å². The van der Waals surface area contributed by atoms with Crippen LogP contribution in [0.1, 0.15) is 110 Å². The molecule has 0 bridgehead atoms. The summed E-state index contributed by atoms with van der Waals surface area (Å²) in [6, 6.07) is 0. The summed E-state index contributed by atoms with van der Waals surface area (Å²) >= 11 is 0. The van der Waals surface area contributed by atoms with Crippen LogP contribution in [-0.4, -0.2) is 11.1 Å². The van der Waals surface area contributed by atoms with Crippen molar-refractivity contribution >= 4 is 5.97 Å². The normalized spacial score (nSPS) is 9.43. The molecule has 0 amide bonds. The Hall–Kier alpha value is 0.104. The summed E-state index contributed by atoms with van der Waals surface area (Å²) in [5.41, 5.74) is 0. The van der Waals surface area contributed by atoms with Crippen LogP contribution >= 0.6 is 0 Å². The minimum atomic E-state index is -0.653. The summed E-state index contributed by atoms with van der Waals surface area (Å²) in [6.45, 7) is 2.27. The van der Waals surface area contributed by atoms with E-state index in [9.17, 15) is 4.79 Å². The van der Waals surface area contributed by atoms with E-state index in [1.807, 2.05) is 0 Å². The third-order valence-electron chi connectivity index (χ3n) is 3.99. The predicted molar refractivity (Wildman–Crippen MR) is 88.6 cm³/mol. The number of unbranched alkanes of at least 4 members (excludes halogenated alkanes) is 14. The fraction of sp³-hybridized carbons (Fsp3) is 0.944. The van der Waals surface area contributed by atoms with Crippen LogP contribution in [0.15, 0.2) is 0 Å². The Bertz CT molecular complexity index is 213. The summed E-state index contributed by atoms with van der Waals surface area (Å²) in [5, 5.41) is 8.52. The molecule has 0 atom stereocenters. The first kappa shape index (κ1) is 30.9. The molecule has 0 aromatic carbocycles. The Morgan fingerprint density at radius 2 is 0.870 bits per heavy atom. The van der Waals surface area contributed by atoms with Gasteiger partial charge in [0.2, 0.25) is 0 Å². The van der Waals surface area contributed by atoms with Gasteiger partial charge in [-0.3, -0.25) is 4.79 Å². The van der Waals surface area contributed by atoms with Crippen LogP contribution in [0.2, 0.25) is 0 Å². The van der Waals surface area contributed by atoms with Gasteiger partial charge < -0.3 is 16.1 Å². The topological polar surface area (TPSA) is 94.3 Å². The van der Waals surface area contributed by atoms with E-state index in [0.717, 1.165) is 12.8 Å². The van der Waals surface area contributed by atoms with Crippen LogP contribution in [-0.2, 0) is 37.5 Å². The number of carboxylic acid groups (broad SMARTS) is 1. The molecule has 4 nitrogen and oxygen atoms in total. The van der Waals surface area contributed by atoms with Gasteiger partial charge in [0.25, 0.3) is 0 Å². The zero-order valence-corrected chi connectivity index (χ0v) is 16.5. The van der Waals surface area contributed by atoms with Crippen molar-refractivity contribution in [2.45, 2.75) is 110 Å². The third kappa shape index (κ3) is 30.5. The number of aliphatic carboxylic acids is 1. The third-order valence-corrected chi connectivity index (χ3v) is 3.99. The SMILES string of the molecule is CCCCCCCCCCCCCCCCCC(=O)O.[O-2].[O-2].[Ti+4]. The predicted octanol–water partition coefficient (Wildman–Crippen LogP) is 6.09. The molecule has 0 unspecified atom stereocenters. The second-order valence-corrected chi connectivity index (χ2v) is 6.09. The molecule has 0 aromatic rings. The average molecular weight is 364 g/mol. The largest absolute Gasteiger partial charge is 4.00 e. The molecule has 0 aliphatic rings. The number of hydrogen-bond donors (Lipinski definition) is 1. The van der Waals surface area contributed by atoms with Crippen molar-refractivity contribution in [2.24, 2.45) is 0 Å². The summed E-state index contributed by atoms with van der Waals surface area (Å²) in [4.78, 5) is 10.3. The van der Waals surface area contributed by atoms with E-state index in [1.54, 1.807) is 0 Å². The smallest absolute Gasteiger partial charge is 2.00 e. The molecular weight excluding hydrogens is 328 g/mol. The number of carboxylic acids is 1. The van der Waals surface area contributed by atoms with Crippen molar-refractivity contribution in [2.75, 3.05) is 0 Å². The van der Waals surface area contributed by atoms with Gasteiger partial charge in [-0.1, -0.05) is 96.8 Å². The summed E-state index contributed by atoms with van der Waals surface area (Å²) in [6.07, 6.45) is 20.2. The van der Waals surface area contributed by atoms with Gasteiger partial charge in [-0.15, -0.1) is 0 Å². The van der Waals surface area contributed by atoms with Crippen LogP contribution in [0.4, 0.5) is 0 Å². The van der Waals surface area contributed by atoms with Gasteiger partial charge in [0.1, 0.15) is 0 Å². The Morgan fingerprint density at radius 1 is 0.609 bits per heavy atom. The number of carbonyl (C=O) groups is 1. The molecular formula is C18H36O4Ti. The van der Waals surface area contributed by atoms with Gasteiger partial charge in [-0.25, -0.2) is 0 Å². The van der Waals surface area contributed by atoms with Crippen molar-refractivity contribution in [1.82, 2.24) is 0 Å². The van der Waals surface area contributed by atoms with Gasteiger partial charge in [0.05, 0.1) is 0 Å². The van der Waals surface area contributed by atoms with E-state index in [1.165, 1.54) is 83.5 Å². The molecule has 0 spiro atoms. The van der Waals surface area contributed by atoms with Crippen LogP contribution < -0.4 is 0 Å². The van der Waals surface area contributed by atoms with Crippen molar-refractivity contribution in [3.8, 4) is 0 Å². The minimum absolute atomic E-state index is 0. The van der Waals surface area contributed by atoms with Crippen LogP contribution in [0.5, 0.6) is 0 Å². The van der Waals surface area contributed by atoms with E-state index in [-0.39, 0.29) is 32.7 Å². The molecule has 0 fully saturated rings. The molecule has 0 saturated heterocycles. The first-order valence-electron chi connectivity index (χ1n) is 8.99. The Kier molecular flexibility index (Phi) is 36.3. The van der Waals surface area contributed by atoms with Gasteiger partial charge in [0.15, 0.2) is 0 Å². The minimum Gasteiger partial charge on any atom is -2.00 e. The van der Waals surface area contributed by atoms with E-state index < -0.39 is 5.97 Å².